The number of anilines is 1. The molecule has 0 saturated carbocycles. The summed E-state index contributed by atoms with van der Waals surface area (Å²) < 4.78 is 0. The van der Waals surface area contributed by atoms with Gasteiger partial charge in [-0.05, 0) is 36.5 Å². The van der Waals surface area contributed by atoms with E-state index in [1.165, 1.54) is 6.92 Å². The largest absolute Gasteiger partial charge is 0.481 e. The Hall–Kier alpha value is -1.84. The van der Waals surface area contributed by atoms with Gasteiger partial charge in [-0.15, -0.1) is 0 Å². The maximum atomic E-state index is 11.8. The van der Waals surface area contributed by atoms with Crippen molar-refractivity contribution in [2.45, 2.75) is 40.0 Å². The summed E-state index contributed by atoms with van der Waals surface area (Å²) in [6, 6.07) is 5.86. The lowest BCUT2D eigenvalue weighted by Crippen LogP contribution is -2.27. The topological polar surface area (TPSA) is 66.4 Å². The Morgan fingerprint density at radius 3 is 2.32 bits per heavy atom. The van der Waals surface area contributed by atoms with Gasteiger partial charge in [0.15, 0.2) is 0 Å². The van der Waals surface area contributed by atoms with E-state index >= 15 is 0 Å². The van der Waals surface area contributed by atoms with E-state index in [0.717, 1.165) is 11.1 Å². The third kappa shape index (κ3) is 3.81. The molecule has 1 unspecified atom stereocenters. The predicted octanol–water partition coefficient (Wildman–Crippen LogP) is 2.95. The number of aliphatic carboxylic acids is 1. The maximum absolute atomic E-state index is 11.8. The van der Waals surface area contributed by atoms with Crippen molar-refractivity contribution in [1.29, 1.82) is 0 Å². The summed E-state index contributed by atoms with van der Waals surface area (Å²) in [7, 11) is 0. The smallest absolute Gasteiger partial charge is 0.315 e. The van der Waals surface area contributed by atoms with Crippen LogP contribution in [0.25, 0.3) is 0 Å². The van der Waals surface area contributed by atoms with Crippen LogP contribution < -0.4 is 5.32 Å². The number of carboxylic acids is 1. The van der Waals surface area contributed by atoms with Crippen LogP contribution in [0.5, 0.6) is 0 Å². The molecule has 0 heterocycles. The standard InChI is InChI=1S/C15H21NO3/c1-9-6-7-11(15(3,4)5)8-12(9)16-13(17)10(2)14(18)19/h6-8,10H,1-5H3,(H,16,17)(H,18,19). The summed E-state index contributed by atoms with van der Waals surface area (Å²) in [6.45, 7) is 9.52. The SMILES string of the molecule is Cc1ccc(C(C)(C)C)cc1NC(=O)C(C)C(=O)O. The van der Waals surface area contributed by atoms with Gasteiger partial charge in [-0.1, -0.05) is 32.9 Å². The van der Waals surface area contributed by atoms with E-state index in [1.54, 1.807) is 0 Å². The van der Waals surface area contributed by atoms with Gasteiger partial charge in [0, 0.05) is 5.69 Å². The van der Waals surface area contributed by atoms with Gasteiger partial charge in [-0.2, -0.15) is 0 Å². The van der Waals surface area contributed by atoms with Crippen molar-refractivity contribution >= 4 is 17.6 Å². The highest BCUT2D eigenvalue weighted by atomic mass is 16.4. The summed E-state index contributed by atoms with van der Waals surface area (Å²) in [5.41, 5.74) is 2.66. The van der Waals surface area contributed by atoms with Crippen LogP contribution in [0.3, 0.4) is 0 Å². The molecule has 0 radical (unpaired) electrons. The fourth-order valence-corrected chi connectivity index (χ4v) is 1.58. The molecule has 1 aromatic carbocycles. The fraction of sp³-hybridized carbons (Fsp3) is 0.467. The molecule has 2 N–H and O–H groups in total. The fourth-order valence-electron chi connectivity index (χ4n) is 1.58. The normalized spacial score (nSPS) is 12.9. The van der Waals surface area contributed by atoms with Crippen LogP contribution >= 0.6 is 0 Å². The Bertz CT molecular complexity index is 501. The van der Waals surface area contributed by atoms with Crippen molar-refractivity contribution in [1.82, 2.24) is 0 Å². The van der Waals surface area contributed by atoms with Gasteiger partial charge in [0.25, 0.3) is 0 Å². The third-order valence-corrected chi connectivity index (χ3v) is 3.13. The molecule has 19 heavy (non-hydrogen) atoms. The number of rotatable bonds is 3. The van der Waals surface area contributed by atoms with Crippen molar-refractivity contribution in [3.05, 3.63) is 29.3 Å². The Labute approximate surface area is 113 Å². The van der Waals surface area contributed by atoms with E-state index in [1.807, 2.05) is 25.1 Å². The molecule has 4 heteroatoms. The van der Waals surface area contributed by atoms with Crippen LogP contribution in [-0.2, 0) is 15.0 Å². The molecule has 4 nitrogen and oxygen atoms in total. The van der Waals surface area contributed by atoms with E-state index in [0.29, 0.717) is 5.69 Å². The first-order valence-electron chi connectivity index (χ1n) is 6.27. The van der Waals surface area contributed by atoms with Gasteiger partial charge in [0.05, 0.1) is 0 Å². The lowest BCUT2D eigenvalue weighted by atomic mass is 9.86. The summed E-state index contributed by atoms with van der Waals surface area (Å²) >= 11 is 0. The molecule has 104 valence electrons. The summed E-state index contributed by atoms with van der Waals surface area (Å²) in [5, 5.41) is 11.5. The number of hydrogen-bond acceptors (Lipinski definition) is 2. The molecule has 0 bridgehead atoms. The molecule has 0 spiro atoms. The van der Waals surface area contributed by atoms with E-state index in [9.17, 15) is 9.59 Å². The van der Waals surface area contributed by atoms with Crippen LogP contribution in [0, 0.1) is 12.8 Å². The number of aryl methyl sites for hydroxylation is 1. The average Bonchev–Trinajstić information content (AvgIpc) is 2.29. The van der Waals surface area contributed by atoms with Gasteiger partial charge >= 0.3 is 5.97 Å². The van der Waals surface area contributed by atoms with Crippen molar-refractivity contribution in [2.75, 3.05) is 5.32 Å². The molecule has 1 aromatic rings. The first-order chi connectivity index (χ1) is 8.62. The number of nitrogens with one attached hydrogen (secondary N) is 1. The lowest BCUT2D eigenvalue weighted by Gasteiger charge is -2.21. The molecule has 1 rings (SSSR count). The minimum Gasteiger partial charge on any atom is -0.481 e. The second-order valence-corrected chi connectivity index (χ2v) is 5.83. The van der Waals surface area contributed by atoms with E-state index < -0.39 is 17.8 Å². The minimum atomic E-state index is -1.12. The number of carboxylic acid groups (broad SMARTS) is 1. The molecular formula is C15H21NO3. The van der Waals surface area contributed by atoms with Crippen molar-refractivity contribution in [3.63, 3.8) is 0 Å². The van der Waals surface area contributed by atoms with Crippen LogP contribution in [0.4, 0.5) is 5.69 Å². The molecular weight excluding hydrogens is 242 g/mol. The number of carbonyl (C=O) groups excluding carboxylic acids is 1. The van der Waals surface area contributed by atoms with Crippen molar-refractivity contribution < 1.29 is 14.7 Å². The summed E-state index contributed by atoms with van der Waals surface area (Å²) in [5.74, 6) is -2.68. The molecule has 0 aliphatic carbocycles. The van der Waals surface area contributed by atoms with Crippen molar-refractivity contribution in [2.24, 2.45) is 5.92 Å². The average molecular weight is 263 g/mol. The maximum Gasteiger partial charge on any atom is 0.315 e. The molecule has 0 saturated heterocycles. The highest BCUT2D eigenvalue weighted by molar-refractivity contribution is 6.04. The predicted molar refractivity (Wildman–Crippen MR) is 75.3 cm³/mol. The van der Waals surface area contributed by atoms with Gasteiger partial charge in [0.1, 0.15) is 5.92 Å². The van der Waals surface area contributed by atoms with Crippen LogP contribution in [0.1, 0.15) is 38.8 Å². The summed E-state index contributed by atoms with van der Waals surface area (Å²) in [4.78, 5) is 22.6. The number of hydrogen-bond donors (Lipinski definition) is 2. The van der Waals surface area contributed by atoms with Crippen LogP contribution in [0.2, 0.25) is 0 Å². The van der Waals surface area contributed by atoms with Gasteiger partial charge in [0.2, 0.25) is 5.91 Å². The molecule has 1 amide bonds. The van der Waals surface area contributed by atoms with Crippen LogP contribution in [-0.4, -0.2) is 17.0 Å². The zero-order valence-corrected chi connectivity index (χ0v) is 12.1. The van der Waals surface area contributed by atoms with Gasteiger partial charge in [-0.3, -0.25) is 9.59 Å². The zero-order valence-electron chi connectivity index (χ0n) is 12.1. The molecule has 0 fully saturated rings. The Morgan fingerprint density at radius 2 is 1.84 bits per heavy atom. The molecule has 0 aliphatic rings. The molecule has 0 aliphatic heterocycles. The second-order valence-electron chi connectivity index (χ2n) is 5.83. The van der Waals surface area contributed by atoms with Gasteiger partial charge in [-0.25, -0.2) is 0 Å². The highest BCUT2D eigenvalue weighted by Crippen LogP contribution is 2.27. The van der Waals surface area contributed by atoms with Gasteiger partial charge < -0.3 is 10.4 Å². The van der Waals surface area contributed by atoms with Crippen molar-refractivity contribution in [3.8, 4) is 0 Å². The zero-order chi connectivity index (χ0) is 14.8. The molecule has 0 aromatic heterocycles. The first kappa shape index (κ1) is 15.2. The monoisotopic (exact) mass is 263 g/mol. The Morgan fingerprint density at radius 1 is 1.26 bits per heavy atom. The summed E-state index contributed by atoms with van der Waals surface area (Å²) in [6.07, 6.45) is 0. The second kappa shape index (κ2) is 5.43. The lowest BCUT2D eigenvalue weighted by molar-refractivity contribution is -0.144. The Balaban J connectivity index is 3.01. The number of benzene rings is 1. The minimum absolute atomic E-state index is 0.0222. The Kier molecular flexibility index (Phi) is 4.35. The number of amides is 1. The third-order valence-electron chi connectivity index (χ3n) is 3.13. The van der Waals surface area contributed by atoms with Crippen LogP contribution in [0.15, 0.2) is 18.2 Å². The highest BCUT2D eigenvalue weighted by Gasteiger charge is 2.22. The quantitative estimate of drug-likeness (QED) is 0.824. The van der Waals surface area contributed by atoms with E-state index in [2.05, 4.69) is 26.1 Å². The van der Waals surface area contributed by atoms with E-state index in [4.69, 9.17) is 5.11 Å². The number of carbonyl (C=O) groups is 2. The molecule has 1 atom stereocenters. The van der Waals surface area contributed by atoms with E-state index in [-0.39, 0.29) is 5.41 Å². The first-order valence-corrected chi connectivity index (χ1v) is 6.27.